The summed E-state index contributed by atoms with van der Waals surface area (Å²) in [5, 5.41) is 3.72. The van der Waals surface area contributed by atoms with Crippen LogP contribution in [0.1, 0.15) is 175 Å². The molecule has 8 bridgehead atoms. The Labute approximate surface area is 514 Å². The van der Waals surface area contributed by atoms with E-state index in [0.29, 0.717) is 0 Å². The van der Waals surface area contributed by atoms with Crippen LogP contribution in [0.5, 0.6) is 0 Å². The number of nitrogens with one attached hydrogen (secondary N) is 4. The molecule has 5 aliphatic heterocycles. The highest BCUT2D eigenvalue weighted by molar-refractivity contribution is 6.63. The topological polar surface area (TPSA) is 137 Å². The van der Waals surface area contributed by atoms with Gasteiger partial charge in [0.25, 0.3) is 0 Å². The summed E-state index contributed by atoms with van der Waals surface area (Å²) in [7, 11) is -2.01. The van der Waals surface area contributed by atoms with Crippen molar-refractivity contribution in [3.8, 4) is 0 Å². The molecule has 0 spiro atoms. The molecule has 4 aromatic heterocycles. The largest absolute Gasteiger partial charge is 0.494 e. The van der Waals surface area contributed by atoms with Crippen LogP contribution >= 0.6 is 0 Å². The molecule has 1 atom stereocenters. The summed E-state index contributed by atoms with van der Waals surface area (Å²) in [6, 6.07) is 52.0. The van der Waals surface area contributed by atoms with Crippen LogP contribution in [0.25, 0.3) is 22.3 Å². The Morgan fingerprint density at radius 2 is 0.506 bits per heavy atom. The predicted molar refractivity (Wildman–Crippen MR) is 351 cm³/mol. The average Bonchev–Trinajstić information content (AvgIpc) is 3.73. The summed E-state index contributed by atoms with van der Waals surface area (Å²) in [6.07, 6.45) is 3.08. The Kier molecular flexibility index (Phi) is 14.4. The molecule has 446 valence electrons. The molecular formula is C71H82B4N4O8. The Hall–Kier alpha value is -6.58. The molecule has 9 heterocycles. The van der Waals surface area contributed by atoms with Gasteiger partial charge in [0, 0.05) is 66.5 Å². The maximum atomic E-state index is 6.83. The van der Waals surface area contributed by atoms with Crippen LogP contribution in [0.2, 0.25) is 0 Å². The molecule has 0 amide bonds. The third-order valence-corrected chi connectivity index (χ3v) is 20.6. The fourth-order valence-electron chi connectivity index (χ4n) is 12.5. The molecule has 4 saturated heterocycles. The first-order valence-electron chi connectivity index (χ1n) is 31.2. The number of fused-ring (bicyclic) bond motifs is 8. The average molecular weight is 1160 g/mol. The number of rotatable bonds is 11. The molecule has 8 aromatic rings. The lowest BCUT2D eigenvalue weighted by atomic mass is 9.78. The molecule has 5 aliphatic rings. The van der Waals surface area contributed by atoms with Crippen molar-refractivity contribution >= 4 is 72.6 Å². The molecule has 0 saturated carbocycles. The van der Waals surface area contributed by atoms with E-state index in [4.69, 9.17) is 37.2 Å². The lowest BCUT2D eigenvalue weighted by Crippen LogP contribution is -2.44. The number of aromatic amines is 4. The number of hydrogen-bond donors (Lipinski definition) is 4. The van der Waals surface area contributed by atoms with Gasteiger partial charge < -0.3 is 57.2 Å². The van der Waals surface area contributed by atoms with E-state index in [2.05, 4.69) is 276 Å². The van der Waals surface area contributed by atoms with E-state index in [-0.39, 0.29) is 0 Å². The molecule has 0 aliphatic carbocycles. The van der Waals surface area contributed by atoms with Crippen molar-refractivity contribution < 1.29 is 37.2 Å². The number of unbranched alkanes of at least 4 members (excludes halogenated alkanes) is 1. The van der Waals surface area contributed by atoms with Crippen molar-refractivity contribution in [1.29, 1.82) is 0 Å². The van der Waals surface area contributed by atoms with E-state index < -0.39 is 73.3 Å². The van der Waals surface area contributed by atoms with Crippen molar-refractivity contribution in [2.24, 2.45) is 0 Å². The zero-order valence-electron chi connectivity index (χ0n) is 53.6. The molecule has 4 N–H and O–H groups in total. The van der Waals surface area contributed by atoms with E-state index in [0.717, 1.165) is 130 Å². The minimum atomic E-state index is -0.504. The van der Waals surface area contributed by atoms with Crippen LogP contribution in [0, 0.1) is 0 Å². The molecule has 12 nitrogen and oxygen atoms in total. The first kappa shape index (κ1) is 59.4. The first-order chi connectivity index (χ1) is 41.1. The SMILES string of the molecule is CCCCC1(C)OB(c2ccc(C3=c4ccc([nH]4)=C(c4ccc(B5OC(C)(C)C(C)(C)O5)cc4)c4ccc([nH]4)C(c4ccc(B5OC(C)(C)C(C)(C)O5)cc4)=c4ccc([nH]4)=C(c4ccc(B5OC(C)(C)C(C)(C)O5)cc4)c4ccc3[nH]4)cc2)OC1(C)C. The maximum Gasteiger partial charge on any atom is 0.494 e. The van der Waals surface area contributed by atoms with Crippen molar-refractivity contribution in [2.75, 3.05) is 0 Å². The minimum absolute atomic E-state index is 0.423. The van der Waals surface area contributed by atoms with E-state index in [1.807, 2.05) is 0 Å². The van der Waals surface area contributed by atoms with E-state index in [1.165, 1.54) is 0 Å². The molecule has 1 unspecified atom stereocenters. The summed E-state index contributed by atoms with van der Waals surface area (Å²) in [4.78, 5) is 15.9. The highest BCUT2D eigenvalue weighted by Gasteiger charge is 2.56. The van der Waals surface area contributed by atoms with Crippen LogP contribution in [-0.2, 0) is 37.2 Å². The summed E-state index contributed by atoms with van der Waals surface area (Å²) >= 11 is 0. The standard InChI is InChI=1S/C71H82B4N4O8/c1-17-18-43-71(16)70(14,15)86-75(87-71)51-33-25-47(26-34-51)63-58-41-39-56(78-58)61(45-21-29-49(30-22-45)73-82-66(6,7)67(8,9)83-73)54-37-35-52(76-54)60(44-19-27-48(28-20-44)72-80-64(2,3)65(4,5)81-72)53-36-38-55(77-53)62(57-40-42-59(63)79-57)46-23-31-50(32-24-46)74-84-68(10,11)69(12,13)85-74/h19-42,76-79H,17-18,43H2,1-16H3. The second-order valence-electron chi connectivity index (χ2n) is 28.3. The summed E-state index contributed by atoms with van der Waals surface area (Å²) < 4.78 is 52.8. The first-order valence-corrected chi connectivity index (χ1v) is 31.2. The van der Waals surface area contributed by atoms with Gasteiger partial charge in [0.15, 0.2) is 0 Å². The van der Waals surface area contributed by atoms with E-state index >= 15 is 0 Å². The molecule has 87 heavy (non-hydrogen) atoms. The molecule has 16 heteroatoms. The normalized spacial score (nSPS) is 22.3. The summed E-state index contributed by atoms with van der Waals surface area (Å²) in [5.74, 6) is 0. The van der Waals surface area contributed by atoms with Crippen molar-refractivity contribution in [1.82, 2.24) is 19.9 Å². The maximum absolute atomic E-state index is 6.83. The van der Waals surface area contributed by atoms with Gasteiger partial charge >= 0.3 is 28.5 Å². The van der Waals surface area contributed by atoms with Crippen LogP contribution in [-0.4, -0.2) is 93.2 Å². The Bertz CT molecular complexity index is 4140. The van der Waals surface area contributed by atoms with Gasteiger partial charge in [-0.25, -0.2) is 0 Å². The number of hydrogen-bond acceptors (Lipinski definition) is 8. The predicted octanol–water partition coefficient (Wildman–Crippen LogP) is 8.67. The smallest absolute Gasteiger partial charge is 0.399 e. The summed E-state index contributed by atoms with van der Waals surface area (Å²) in [6.45, 7) is 33.8. The third kappa shape index (κ3) is 10.4. The van der Waals surface area contributed by atoms with Crippen LogP contribution in [0.15, 0.2) is 146 Å². The lowest BCUT2D eigenvalue weighted by Gasteiger charge is -2.36. The van der Waals surface area contributed by atoms with Gasteiger partial charge in [0.2, 0.25) is 0 Å². The highest BCUT2D eigenvalue weighted by Crippen LogP contribution is 2.42. The van der Waals surface area contributed by atoms with Gasteiger partial charge in [0.1, 0.15) is 0 Å². The zero-order chi connectivity index (χ0) is 61.4. The van der Waals surface area contributed by atoms with Gasteiger partial charge in [-0.1, -0.05) is 117 Å². The number of benzene rings is 4. The molecule has 13 rings (SSSR count). The van der Waals surface area contributed by atoms with Gasteiger partial charge in [0.05, 0.1) is 44.8 Å². The van der Waals surface area contributed by atoms with Crippen LogP contribution in [0.3, 0.4) is 0 Å². The summed E-state index contributed by atoms with van der Waals surface area (Å²) in [5.41, 5.74) is 11.8. The molecule has 4 fully saturated rings. The number of aromatic nitrogens is 4. The second kappa shape index (κ2) is 21.0. The monoisotopic (exact) mass is 1160 g/mol. The molecule has 0 radical (unpaired) electrons. The zero-order valence-corrected chi connectivity index (χ0v) is 53.6. The fraction of sp³-hybridized carbons (Fsp3) is 0.380. The third-order valence-electron chi connectivity index (χ3n) is 20.6. The van der Waals surface area contributed by atoms with Gasteiger partial charge in [-0.2, -0.15) is 0 Å². The van der Waals surface area contributed by atoms with E-state index in [9.17, 15) is 0 Å². The lowest BCUT2D eigenvalue weighted by molar-refractivity contribution is -0.0169. The number of H-pyrrole nitrogens is 4. The van der Waals surface area contributed by atoms with Crippen molar-refractivity contribution in [2.45, 2.75) is 175 Å². The molecule has 4 aromatic carbocycles. The van der Waals surface area contributed by atoms with Gasteiger partial charge in [-0.05, 0) is 203 Å². The Balaban J connectivity index is 1.01. The second-order valence-corrected chi connectivity index (χ2v) is 28.3. The molecular weight excluding hydrogens is 1080 g/mol. The minimum Gasteiger partial charge on any atom is -0.399 e. The van der Waals surface area contributed by atoms with Crippen LogP contribution in [0.4, 0.5) is 0 Å². The quantitative estimate of drug-likeness (QED) is 0.0946. The van der Waals surface area contributed by atoms with Crippen molar-refractivity contribution in [3.05, 3.63) is 212 Å². The Morgan fingerprint density at radius 3 is 0.747 bits per heavy atom. The van der Waals surface area contributed by atoms with Gasteiger partial charge in [-0.3, -0.25) is 0 Å². The fourth-order valence-corrected chi connectivity index (χ4v) is 12.5. The van der Waals surface area contributed by atoms with E-state index in [1.54, 1.807) is 0 Å². The highest BCUT2D eigenvalue weighted by atomic mass is 16.7. The van der Waals surface area contributed by atoms with Crippen LogP contribution < -0.4 is 43.2 Å². The van der Waals surface area contributed by atoms with Crippen molar-refractivity contribution in [3.63, 3.8) is 0 Å². The van der Waals surface area contributed by atoms with Gasteiger partial charge in [-0.15, -0.1) is 0 Å². The Morgan fingerprint density at radius 1 is 0.276 bits per heavy atom.